The van der Waals surface area contributed by atoms with Crippen LogP contribution in [0.5, 0.6) is 0 Å². The molecule has 2 aromatic heterocycles. The molecule has 1 saturated heterocycles. The molecule has 3 aromatic rings. The zero-order valence-electron chi connectivity index (χ0n) is 18.4. The number of sulfonamides is 1. The van der Waals surface area contributed by atoms with E-state index in [0.29, 0.717) is 35.5 Å². The average molecular weight is 491 g/mol. The van der Waals surface area contributed by atoms with Gasteiger partial charge >= 0.3 is 0 Å². The van der Waals surface area contributed by atoms with Gasteiger partial charge in [0.05, 0.1) is 22.0 Å². The fraction of sp³-hybridized carbons (Fsp3) is 0.381. The van der Waals surface area contributed by atoms with Crippen LogP contribution >= 0.6 is 11.8 Å². The SMILES string of the molecule is Cc1occc1-c1nnc(SC(C)C(=O)Nc2cccc(S(=O)(=O)N3CCCCC3)c2)n1N. The molecule has 10 nitrogen and oxygen atoms in total. The van der Waals surface area contributed by atoms with Crippen LogP contribution in [-0.4, -0.2) is 51.8 Å². The van der Waals surface area contributed by atoms with E-state index < -0.39 is 15.3 Å². The third-order valence-corrected chi connectivity index (χ3v) is 8.42. The Balaban J connectivity index is 1.44. The Hall–Kier alpha value is -2.83. The maximum Gasteiger partial charge on any atom is 0.243 e. The van der Waals surface area contributed by atoms with Gasteiger partial charge in [-0.15, -0.1) is 10.2 Å². The fourth-order valence-electron chi connectivity index (χ4n) is 3.60. The van der Waals surface area contributed by atoms with E-state index in [1.807, 2.05) is 0 Å². The predicted molar refractivity (Wildman–Crippen MR) is 126 cm³/mol. The normalized spacial score (nSPS) is 15.9. The Bertz CT molecular complexity index is 1250. The van der Waals surface area contributed by atoms with Crippen molar-refractivity contribution in [3.05, 3.63) is 42.4 Å². The number of benzene rings is 1. The summed E-state index contributed by atoms with van der Waals surface area (Å²) < 4.78 is 34.0. The molecule has 0 aliphatic carbocycles. The van der Waals surface area contributed by atoms with Crippen molar-refractivity contribution in [3.8, 4) is 11.4 Å². The van der Waals surface area contributed by atoms with E-state index in [0.717, 1.165) is 36.6 Å². The number of nitrogens with one attached hydrogen (secondary N) is 1. The molecule has 1 aromatic carbocycles. The van der Waals surface area contributed by atoms with Crippen LogP contribution in [0, 0.1) is 6.92 Å². The van der Waals surface area contributed by atoms with Crippen molar-refractivity contribution in [1.82, 2.24) is 19.2 Å². The molecular weight excluding hydrogens is 464 g/mol. The second kappa shape index (κ2) is 9.57. The van der Waals surface area contributed by atoms with E-state index in [1.165, 1.54) is 15.0 Å². The zero-order chi connectivity index (χ0) is 23.6. The van der Waals surface area contributed by atoms with Crippen molar-refractivity contribution in [1.29, 1.82) is 0 Å². The Morgan fingerprint density at radius 3 is 2.67 bits per heavy atom. The van der Waals surface area contributed by atoms with Crippen LogP contribution in [0.4, 0.5) is 5.69 Å². The van der Waals surface area contributed by atoms with Gasteiger partial charge in [0, 0.05) is 18.8 Å². The molecule has 12 heteroatoms. The number of nitrogens with zero attached hydrogens (tertiary/aromatic N) is 4. The maximum atomic E-state index is 12.9. The molecule has 1 atom stereocenters. The third kappa shape index (κ3) is 4.92. The first-order valence-electron chi connectivity index (χ1n) is 10.6. The monoisotopic (exact) mass is 490 g/mol. The smallest absolute Gasteiger partial charge is 0.243 e. The standard InChI is InChI=1S/C21H26N6O4S2/c1-14-18(9-12-31-14)19-24-25-21(27(19)22)32-15(2)20(28)23-16-7-6-8-17(13-16)33(29,30)26-10-4-3-5-11-26/h6-9,12-13,15H,3-5,10-11,22H2,1-2H3,(H,23,28). The van der Waals surface area contributed by atoms with E-state index in [1.54, 1.807) is 44.4 Å². The van der Waals surface area contributed by atoms with Gasteiger partial charge in [0.2, 0.25) is 21.1 Å². The minimum Gasteiger partial charge on any atom is -0.469 e. The highest BCUT2D eigenvalue weighted by atomic mass is 32.2. The van der Waals surface area contributed by atoms with Gasteiger partial charge in [-0.1, -0.05) is 24.2 Å². The minimum atomic E-state index is -3.59. The number of carbonyl (C=O) groups excluding carboxylic acids is 1. The summed E-state index contributed by atoms with van der Waals surface area (Å²) in [5, 5.41) is 10.8. The van der Waals surface area contributed by atoms with E-state index >= 15 is 0 Å². The van der Waals surface area contributed by atoms with Crippen LogP contribution in [0.25, 0.3) is 11.4 Å². The van der Waals surface area contributed by atoms with Crippen molar-refractivity contribution in [2.75, 3.05) is 24.2 Å². The molecule has 4 rings (SSSR count). The second-order valence-electron chi connectivity index (χ2n) is 7.81. The molecule has 1 aliphatic rings. The first-order valence-corrected chi connectivity index (χ1v) is 12.9. The van der Waals surface area contributed by atoms with Gasteiger partial charge in [0.1, 0.15) is 5.76 Å². The van der Waals surface area contributed by atoms with Gasteiger partial charge in [-0.25, -0.2) is 13.1 Å². The summed E-state index contributed by atoms with van der Waals surface area (Å²) >= 11 is 1.15. The first kappa shape index (κ1) is 23.3. The highest BCUT2D eigenvalue weighted by molar-refractivity contribution is 8.00. The number of carbonyl (C=O) groups is 1. The van der Waals surface area contributed by atoms with Crippen LogP contribution in [-0.2, 0) is 14.8 Å². The summed E-state index contributed by atoms with van der Waals surface area (Å²) in [6.07, 6.45) is 4.30. The number of nitrogens with two attached hydrogens (primary N) is 1. The Kier molecular flexibility index (Phi) is 6.77. The first-order chi connectivity index (χ1) is 15.8. The molecular formula is C21H26N6O4S2. The van der Waals surface area contributed by atoms with Crippen molar-refractivity contribution in [2.45, 2.75) is 48.4 Å². The fourth-order valence-corrected chi connectivity index (χ4v) is 5.94. The Labute approximate surface area is 196 Å². The van der Waals surface area contributed by atoms with Crippen LogP contribution < -0.4 is 11.2 Å². The van der Waals surface area contributed by atoms with Crippen molar-refractivity contribution < 1.29 is 17.6 Å². The summed E-state index contributed by atoms with van der Waals surface area (Å²) in [5.41, 5.74) is 1.13. The summed E-state index contributed by atoms with van der Waals surface area (Å²) in [6, 6.07) is 8.08. The minimum absolute atomic E-state index is 0.171. The molecule has 3 N–H and O–H groups in total. The van der Waals surface area contributed by atoms with Gasteiger partial charge in [-0.3, -0.25) is 4.79 Å². The number of rotatable bonds is 7. The predicted octanol–water partition coefficient (Wildman–Crippen LogP) is 2.85. The number of anilines is 1. The van der Waals surface area contributed by atoms with Gasteiger partial charge < -0.3 is 15.6 Å². The highest BCUT2D eigenvalue weighted by Gasteiger charge is 2.26. The number of aromatic nitrogens is 3. The van der Waals surface area contributed by atoms with E-state index in [-0.39, 0.29) is 10.8 Å². The number of aryl methyl sites for hydroxylation is 1. The number of nitrogen functional groups attached to an aromatic ring is 1. The average Bonchev–Trinajstić information content (AvgIpc) is 3.39. The molecule has 3 heterocycles. The third-order valence-electron chi connectivity index (χ3n) is 5.47. The van der Waals surface area contributed by atoms with Crippen molar-refractivity contribution in [3.63, 3.8) is 0 Å². The molecule has 0 radical (unpaired) electrons. The number of amides is 1. The van der Waals surface area contributed by atoms with Crippen molar-refractivity contribution in [2.24, 2.45) is 0 Å². The summed E-state index contributed by atoms with van der Waals surface area (Å²) in [4.78, 5) is 12.9. The lowest BCUT2D eigenvalue weighted by Crippen LogP contribution is -2.35. The van der Waals surface area contributed by atoms with Crippen LogP contribution in [0.15, 0.2) is 51.1 Å². The summed E-state index contributed by atoms with van der Waals surface area (Å²) in [7, 11) is -3.59. The van der Waals surface area contributed by atoms with Crippen LogP contribution in [0.2, 0.25) is 0 Å². The van der Waals surface area contributed by atoms with Gasteiger partial charge in [-0.2, -0.15) is 4.31 Å². The van der Waals surface area contributed by atoms with Gasteiger partial charge in [0.15, 0.2) is 5.82 Å². The lowest BCUT2D eigenvalue weighted by atomic mass is 10.2. The Morgan fingerprint density at radius 1 is 1.21 bits per heavy atom. The quantitative estimate of drug-likeness (QED) is 0.381. The zero-order valence-corrected chi connectivity index (χ0v) is 20.0. The lowest BCUT2D eigenvalue weighted by molar-refractivity contribution is -0.115. The van der Waals surface area contributed by atoms with E-state index in [4.69, 9.17) is 10.3 Å². The topological polar surface area (TPSA) is 136 Å². The molecule has 33 heavy (non-hydrogen) atoms. The molecule has 1 fully saturated rings. The molecule has 0 bridgehead atoms. The van der Waals surface area contributed by atoms with E-state index in [2.05, 4.69) is 15.5 Å². The van der Waals surface area contributed by atoms with Gasteiger partial charge in [0.25, 0.3) is 0 Å². The highest BCUT2D eigenvalue weighted by Crippen LogP contribution is 2.28. The number of thioether (sulfide) groups is 1. The van der Waals surface area contributed by atoms with Crippen LogP contribution in [0.3, 0.4) is 0 Å². The summed E-state index contributed by atoms with van der Waals surface area (Å²) in [6.45, 7) is 4.55. The molecule has 1 amide bonds. The summed E-state index contributed by atoms with van der Waals surface area (Å²) in [5.74, 6) is 6.92. The molecule has 1 aliphatic heterocycles. The molecule has 1 unspecified atom stereocenters. The number of hydrogen-bond donors (Lipinski definition) is 2. The van der Waals surface area contributed by atoms with Crippen molar-refractivity contribution >= 4 is 33.4 Å². The number of hydrogen-bond acceptors (Lipinski definition) is 8. The second-order valence-corrected chi connectivity index (χ2v) is 11.1. The Morgan fingerprint density at radius 2 is 1.97 bits per heavy atom. The van der Waals surface area contributed by atoms with E-state index in [9.17, 15) is 13.2 Å². The maximum absolute atomic E-state index is 12.9. The lowest BCUT2D eigenvalue weighted by Gasteiger charge is -2.26. The van der Waals surface area contributed by atoms with Crippen LogP contribution in [0.1, 0.15) is 31.9 Å². The largest absolute Gasteiger partial charge is 0.469 e. The number of furan rings is 1. The van der Waals surface area contributed by atoms with Gasteiger partial charge in [-0.05, 0) is 51.0 Å². The molecule has 0 saturated carbocycles. The molecule has 0 spiro atoms. The number of piperidine rings is 1. The molecule has 176 valence electrons.